The second kappa shape index (κ2) is 10.7. The number of nitriles is 1. The molecule has 0 aliphatic rings. The van der Waals surface area contributed by atoms with Crippen LogP contribution in [0.25, 0.3) is 11.8 Å². The molecule has 0 atom stereocenters. The molecule has 1 N–H and O–H groups in total. The van der Waals surface area contributed by atoms with Crippen molar-refractivity contribution in [1.82, 2.24) is 4.57 Å². The van der Waals surface area contributed by atoms with Crippen molar-refractivity contribution < 1.29 is 19.1 Å². The Hall–Kier alpha value is -4.02. The standard InChI is InChI=1S/C26H24ClN3O4/c1-5-34-22-8-6-7-20(13-22)29-25(31)19(15-28)12-18-11-16(2)30(17(18)3)21-9-10-23(24(27)14-21)26(32)33-4/h6-14H,5H2,1-4H3,(H,29,31)/b19-12-. The highest BCUT2D eigenvalue weighted by Gasteiger charge is 2.16. The monoisotopic (exact) mass is 477 g/mol. The van der Waals surface area contributed by atoms with Gasteiger partial charge in [0, 0.05) is 28.8 Å². The summed E-state index contributed by atoms with van der Waals surface area (Å²) in [5, 5.41) is 12.6. The fourth-order valence-electron chi connectivity index (χ4n) is 3.58. The molecule has 0 unspecified atom stereocenters. The zero-order chi connectivity index (χ0) is 24.8. The minimum Gasteiger partial charge on any atom is -0.494 e. The van der Waals surface area contributed by atoms with Crippen LogP contribution in [0.2, 0.25) is 5.02 Å². The largest absolute Gasteiger partial charge is 0.494 e. The zero-order valence-corrected chi connectivity index (χ0v) is 20.1. The Morgan fingerprint density at radius 3 is 2.59 bits per heavy atom. The maximum Gasteiger partial charge on any atom is 0.339 e. The van der Waals surface area contributed by atoms with Gasteiger partial charge in [-0.25, -0.2) is 4.79 Å². The normalized spacial score (nSPS) is 11.0. The van der Waals surface area contributed by atoms with Crippen LogP contribution in [0.5, 0.6) is 5.75 Å². The number of halogens is 1. The molecule has 0 saturated heterocycles. The number of carbonyl (C=O) groups is 2. The van der Waals surface area contributed by atoms with Crippen molar-refractivity contribution >= 4 is 35.2 Å². The molecule has 0 saturated carbocycles. The van der Waals surface area contributed by atoms with Gasteiger partial charge >= 0.3 is 5.97 Å². The van der Waals surface area contributed by atoms with Crippen LogP contribution in [0.15, 0.2) is 54.1 Å². The van der Waals surface area contributed by atoms with E-state index in [9.17, 15) is 14.9 Å². The SMILES string of the molecule is CCOc1cccc(NC(=O)/C(C#N)=C\c2cc(C)n(-c3ccc(C(=O)OC)c(Cl)c3)c2C)c1. The van der Waals surface area contributed by atoms with E-state index < -0.39 is 11.9 Å². The molecule has 3 rings (SSSR count). The van der Waals surface area contributed by atoms with Gasteiger partial charge in [-0.3, -0.25) is 4.79 Å². The van der Waals surface area contributed by atoms with Gasteiger partial charge in [-0.15, -0.1) is 0 Å². The number of nitrogens with zero attached hydrogens (tertiary/aromatic N) is 2. The van der Waals surface area contributed by atoms with Crippen LogP contribution in [0.4, 0.5) is 5.69 Å². The molecular weight excluding hydrogens is 454 g/mol. The van der Waals surface area contributed by atoms with Crippen molar-refractivity contribution in [1.29, 1.82) is 5.26 Å². The van der Waals surface area contributed by atoms with Crippen molar-refractivity contribution in [3.63, 3.8) is 0 Å². The highest BCUT2D eigenvalue weighted by atomic mass is 35.5. The van der Waals surface area contributed by atoms with Gasteiger partial charge < -0.3 is 19.4 Å². The number of hydrogen-bond acceptors (Lipinski definition) is 5. The van der Waals surface area contributed by atoms with Crippen LogP contribution in [0.1, 0.15) is 34.2 Å². The average Bonchev–Trinajstić information content (AvgIpc) is 3.09. The summed E-state index contributed by atoms with van der Waals surface area (Å²) in [7, 11) is 1.30. The Morgan fingerprint density at radius 2 is 1.94 bits per heavy atom. The number of benzene rings is 2. The number of nitrogens with one attached hydrogen (secondary N) is 1. The first-order valence-electron chi connectivity index (χ1n) is 10.5. The quantitative estimate of drug-likeness (QED) is 0.276. The molecule has 1 amide bonds. The number of amides is 1. The number of carbonyl (C=O) groups excluding carboxylic acids is 2. The highest BCUT2D eigenvalue weighted by molar-refractivity contribution is 6.33. The van der Waals surface area contributed by atoms with Crippen LogP contribution in [0.3, 0.4) is 0 Å². The summed E-state index contributed by atoms with van der Waals surface area (Å²) in [5.74, 6) is -0.410. The van der Waals surface area contributed by atoms with E-state index in [0.29, 0.717) is 23.6 Å². The number of ether oxygens (including phenoxy) is 2. The summed E-state index contributed by atoms with van der Waals surface area (Å²) in [6.07, 6.45) is 1.55. The van der Waals surface area contributed by atoms with Gasteiger partial charge in [0.2, 0.25) is 0 Å². The molecule has 1 heterocycles. The van der Waals surface area contributed by atoms with Crippen LogP contribution in [-0.4, -0.2) is 30.2 Å². The van der Waals surface area contributed by atoms with Crippen molar-refractivity contribution in [2.24, 2.45) is 0 Å². The van der Waals surface area contributed by atoms with Gasteiger partial charge in [-0.2, -0.15) is 5.26 Å². The van der Waals surface area contributed by atoms with Crippen LogP contribution < -0.4 is 10.1 Å². The fourth-order valence-corrected chi connectivity index (χ4v) is 3.83. The molecular formula is C26H24ClN3O4. The van der Waals surface area contributed by atoms with Crippen LogP contribution in [0, 0.1) is 25.2 Å². The van der Waals surface area contributed by atoms with Crippen LogP contribution >= 0.6 is 11.6 Å². The molecule has 0 bridgehead atoms. The Kier molecular flexibility index (Phi) is 7.77. The van der Waals surface area contributed by atoms with Crippen LogP contribution in [-0.2, 0) is 9.53 Å². The smallest absolute Gasteiger partial charge is 0.339 e. The zero-order valence-electron chi connectivity index (χ0n) is 19.3. The average molecular weight is 478 g/mol. The van der Waals surface area contributed by atoms with E-state index in [1.165, 1.54) is 7.11 Å². The predicted molar refractivity (Wildman–Crippen MR) is 131 cm³/mol. The lowest BCUT2D eigenvalue weighted by atomic mass is 10.1. The van der Waals surface area contributed by atoms with Crippen molar-refractivity contribution in [2.75, 3.05) is 19.0 Å². The van der Waals surface area contributed by atoms with E-state index in [-0.39, 0.29) is 16.2 Å². The molecule has 0 aliphatic heterocycles. The summed E-state index contributed by atoms with van der Waals surface area (Å²) >= 11 is 6.29. The van der Waals surface area contributed by atoms with Gasteiger partial charge in [0.25, 0.3) is 5.91 Å². The second-order valence-electron chi connectivity index (χ2n) is 7.40. The molecule has 0 fully saturated rings. The van der Waals surface area contributed by atoms with Crippen molar-refractivity contribution in [2.45, 2.75) is 20.8 Å². The predicted octanol–water partition coefficient (Wildman–Crippen LogP) is 5.48. The Balaban J connectivity index is 1.91. The van der Waals surface area contributed by atoms with E-state index in [1.807, 2.05) is 37.5 Å². The number of anilines is 1. The van der Waals surface area contributed by atoms with Gasteiger partial charge in [0.1, 0.15) is 17.4 Å². The van der Waals surface area contributed by atoms with Gasteiger partial charge in [0.05, 0.1) is 24.3 Å². The third-order valence-electron chi connectivity index (χ3n) is 5.15. The third kappa shape index (κ3) is 5.30. The Bertz CT molecular complexity index is 1320. The molecule has 0 aliphatic carbocycles. The molecule has 0 spiro atoms. The number of esters is 1. The maximum atomic E-state index is 12.8. The van der Waals surface area contributed by atoms with Crippen molar-refractivity contribution in [3.8, 4) is 17.5 Å². The minimum absolute atomic E-state index is 0.0406. The first-order valence-corrected chi connectivity index (χ1v) is 10.9. The number of hydrogen-bond donors (Lipinski definition) is 1. The molecule has 1 aromatic heterocycles. The molecule has 8 heteroatoms. The highest BCUT2D eigenvalue weighted by Crippen LogP contribution is 2.27. The molecule has 34 heavy (non-hydrogen) atoms. The maximum absolute atomic E-state index is 12.8. The van der Waals surface area contributed by atoms with E-state index in [0.717, 1.165) is 17.1 Å². The number of aryl methyl sites for hydroxylation is 1. The Morgan fingerprint density at radius 1 is 1.18 bits per heavy atom. The van der Waals surface area contributed by atoms with E-state index >= 15 is 0 Å². The minimum atomic E-state index is -0.522. The lowest BCUT2D eigenvalue weighted by molar-refractivity contribution is -0.112. The number of rotatable bonds is 7. The lowest BCUT2D eigenvalue weighted by Gasteiger charge is -2.12. The third-order valence-corrected chi connectivity index (χ3v) is 5.47. The topological polar surface area (TPSA) is 93.4 Å². The van der Waals surface area contributed by atoms with Gasteiger partial charge in [0.15, 0.2) is 0 Å². The fraction of sp³-hybridized carbons (Fsp3) is 0.192. The molecule has 7 nitrogen and oxygen atoms in total. The van der Waals surface area contributed by atoms with E-state index in [1.54, 1.807) is 48.5 Å². The van der Waals surface area contributed by atoms with E-state index in [4.69, 9.17) is 21.1 Å². The van der Waals surface area contributed by atoms with E-state index in [2.05, 4.69) is 5.32 Å². The van der Waals surface area contributed by atoms with Gasteiger partial charge in [-0.05, 0) is 68.8 Å². The van der Waals surface area contributed by atoms with Gasteiger partial charge in [-0.1, -0.05) is 17.7 Å². The first-order chi connectivity index (χ1) is 16.3. The first kappa shape index (κ1) is 24.6. The van der Waals surface area contributed by atoms with Crippen molar-refractivity contribution in [3.05, 3.63) is 81.6 Å². The molecule has 2 aromatic carbocycles. The summed E-state index contributed by atoms with van der Waals surface area (Å²) in [6, 6.07) is 15.9. The molecule has 0 radical (unpaired) electrons. The summed E-state index contributed by atoms with van der Waals surface area (Å²) < 4.78 is 12.1. The number of methoxy groups -OCH3 is 1. The summed E-state index contributed by atoms with van der Waals surface area (Å²) in [5.41, 5.74) is 3.88. The lowest BCUT2D eigenvalue weighted by Crippen LogP contribution is -2.13. The second-order valence-corrected chi connectivity index (χ2v) is 7.81. The summed E-state index contributed by atoms with van der Waals surface area (Å²) in [4.78, 5) is 24.6. The number of aromatic nitrogens is 1. The molecule has 174 valence electrons. The Labute approximate surface area is 203 Å². The summed E-state index contributed by atoms with van der Waals surface area (Å²) in [6.45, 7) is 6.16. The molecule has 3 aromatic rings.